The summed E-state index contributed by atoms with van der Waals surface area (Å²) >= 11 is 0. The Labute approximate surface area is 122 Å². The number of H-pyrrole nitrogens is 1. The van der Waals surface area contributed by atoms with E-state index in [1.165, 1.54) is 6.92 Å². The van der Waals surface area contributed by atoms with Crippen LogP contribution in [0.3, 0.4) is 0 Å². The van der Waals surface area contributed by atoms with Gasteiger partial charge in [0.2, 0.25) is 5.91 Å². The van der Waals surface area contributed by atoms with Crippen LogP contribution < -0.4 is 10.9 Å². The number of unbranched alkanes of at least 4 members (excludes halogenated alkanes) is 2. The molecule has 0 aliphatic rings. The summed E-state index contributed by atoms with van der Waals surface area (Å²) in [6.45, 7) is 4.02. The molecule has 0 spiro atoms. The van der Waals surface area contributed by atoms with Gasteiger partial charge in [0.05, 0.1) is 16.5 Å². The van der Waals surface area contributed by atoms with Crippen LogP contribution in [-0.4, -0.2) is 28.1 Å². The van der Waals surface area contributed by atoms with Gasteiger partial charge in [-0.2, -0.15) is 0 Å². The fraction of sp³-hybridized carbons (Fsp3) is 0.400. The Kier molecular flexibility index (Phi) is 4.57. The number of carbonyl (C=O) groups is 2. The first kappa shape index (κ1) is 15.0. The average molecular weight is 289 g/mol. The number of rotatable bonds is 5. The highest BCUT2D eigenvalue weighted by Crippen LogP contribution is 2.15. The van der Waals surface area contributed by atoms with Gasteiger partial charge in [-0.05, 0) is 18.6 Å². The van der Waals surface area contributed by atoms with Gasteiger partial charge >= 0.3 is 0 Å². The van der Waals surface area contributed by atoms with E-state index < -0.39 is 5.56 Å². The Morgan fingerprint density at radius 1 is 1.29 bits per heavy atom. The Bertz CT molecular complexity index is 727. The summed E-state index contributed by atoms with van der Waals surface area (Å²) in [5.41, 5.74) is 0.290. The summed E-state index contributed by atoms with van der Waals surface area (Å²) in [5.74, 6) is -0.592. The molecule has 0 aliphatic carbocycles. The van der Waals surface area contributed by atoms with Gasteiger partial charge in [0.25, 0.3) is 11.5 Å². The first-order valence-electron chi connectivity index (χ1n) is 7.09. The molecule has 2 aromatic rings. The first-order chi connectivity index (χ1) is 10.1. The molecule has 1 heterocycles. The third-order valence-electron chi connectivity index (χ3n) is 3.35. The second-order valence-corrected chi connectivity index (χ2v) is 4.96. The summed E-state index contributed by atoms with van der Waals surface area (Å²) in [4.78, 5) is 35.7. The molecule has 1 aromatic carbocycles. The topological polar surface area (TPSA) is 84.0 Å². The summed E-state index contributed by atoms with van der Waals surface area (Å²) in [7, 11) is 0. The molecule has 0 saturated heterocycles. The van der Waals surface area contributed by atoms with E-state index in [4.69, 9.17) is 0 Å². The third-order valence-corrected chi connectivity index (χ3v) is 3.35. The number of benzene rings is 1. The fourth-order valence-electron chi connectivity index (χ4n) is 2.29. The van der Waals surface area contributed by atoms with E-state index >= 15 is 0 Å². The van der Waals surface area contributed by atoms with Crippen molar-refractivity contribution in [3.05, 3.63) is 34.1 Å². The number of aromatic nitrogens is 2. The predicted octanol–water partition coefficient (Wildman–Crippen LogP) is 1.91. The Morgan fingerprint density at radius 3 is 2.71 bits per heavy atom. The highest BCUT2D eigenvalue weighted by molar-refractivity contribution is 6.07. The zero-order valence-corrected chi connectivity index (χ0v) is 12.2. The van der Waals surface area contributed by atoms with E-state index in [0.717, 1.165) is 23.9 Å². The third kappa shape index (κ3) is 3.04. The van der Waals surface area contributed by atoms with Gasteiger partial charge in [-0.1, -0.05) is 25.8 Å². The lowest BCUT2D eigenvalue weighted by Gasteiger charge is -2.05. The van der Waals surface area contributed by atoms with Crippen molar-refractivity contribution < 1.29 is 9.59 Å². The molecule has 112 valence electrons. The molecule has 2 rings (SSSR count). The summed E-state index contributed by atoms with van der Waals surface area (Å²) < 4.78 is 1.16. The minimum absolute atomic E-state index is 0.251. The van der Waals surface area contributed by atoms with Crippen molar-refractivity contribution in [2.24, 2.45) is 0 Å². The van der Waals surface area contributed by atoms with Crippen LogP contribution in [0.1, 0.15) is 48.3 Å². The number of aromatic amines is 1. The molecule has 0 aliphatic heterocycles. The second-order valence-electron chi connectivity index (χ2n) is 4.96. The molecule has 6 heteroatoms. The van der Waals surface area contributed by atoms with E-state index in [2.05, 4.69) is 17.3 Å². The number of carbonyl (C=O) groups excluding carboxylic acids is 2. The van der Waals surface area contributed by atoms with Gasteiger partial charge in [-0.25, -0.2) is 4.68 Å². The normalized spacial score (nSPS) is 10.8. The molecule has 0 atom stereocenters. The molecule has 21 heavy (non-hydrogen) atoms. The van der Waals surface area contributed by atoms with Crippen molar-refractivity contribution in [2.45, 2.75) is 33.1 Å². The first-order valence-corrected chi connectivity index (χ1v) is 7.09. The number of nitrogens with one attached hydrogen (secondary N) is 2. The van der Waals surface area contributed by atoms with E-state index in [9.17, 15) is 14.4 Å². The zero-order valence-electron chi connectivity index (χ0n) is 12.2. The van der Waals surface area contributed by atoms with Gasteiger partial charge in [0.15, 0.2) is 0 Å². The molecule has 0 bridgehead atoms. The van der Waals surface area contributed by atoms with E-state index in [1.54, 1.807) is 18.2 Å². The van der Waals surface area contributed by atoms with Crippen molar-refractivity contribution in [1.29, 1.82) is 0 Å². The standard InChI is InChI=1S/C15H19N3O3/c1-3-4-5-9-16-14(20)11-7-6-8-12-13(11)15(21)17-18(12)10(2)19/h6-8H,3-5,9H2,1-2H3,(H,16,20)(H,17,21). The largest absolute Gasteiger partial charge is 0.352 e. The molecular formula is C15H19N3O3. The van der Waals surface area contributed by atoms with Crippen LogP contribution in [0, 0.1) is 0 Å². The van der Waals surface area contributed by atoms with Crippen LogP contribution >= 0.6 is 0 Å². The minimum atomic E-state index is -0.431. The highest BCUT2D eigenvalue weighted by atomic mass is 16.2. The van der Waals surface area contributed by atoms with Crippen molar-refractivity contribution in [1.82, 2.24) is 15.1 Å². The number of hydrogen-bond donors (Lipinski definition) is 2. The van der Waals surface area contributed by atoms with Crippen molar-refractivity contribution >= 4 is 22.7 Å². The molecule has 0 radical (unpaired) electrons. The lowest BCUT2D eigenvalue weighted by Crippen LogP contribution is -2.25. The molecule has 0 saturated carbocycles. The quantitative estimate of drug-likeness (QED) is 0.825. The van der Waals surface area contributed by atoms with E-state index in [-0.39, 0.29) is 17.2 Å². The lowest BCUT2D eigenvalue weighted by molar-refractivity contribution is 0.0923. The second kappa shape index (κ2) is 6.39. The smallest absolute Gasteiger partial charge is 0.273 e. The van der Waals surface area contributed by atoms with Crippen LogP contribution in [0.25, 0.3) is 10.9 Å². The molecule has 1 aromatic heterocycles. The van der Waals surface area contributed by atoms with Gasteiger partial charge in [-0.3, -0.25) is 19.5 Å². The van der Waals surface area contributed by atoms with Crippen molar-refractivity contribution in [3.8, 4) is 0 Å². The van der Waals surface area contributed by atoms with Crippen LogP contribution in [0.4, 0.5) is 0 Å². The van der Waals surface area contributed by atoms with Gasteiger partial charge in [-0.15, -0.1) is 0 Å². The summed E-state index contributed by atoms with van der Waals surface area (Å²) in [6.07, 6.45) is 3.03. The fourth-order valence-corrected chi connectivity index (χ4v) is 2.29. The monoisotopic (exact) mass is 289 g/mol. The van der Waals surface area contributed by atoms with Crippen LogP contribution in [0.15, 0.2) is 23.0 Å². The van der Waals surface area contributed by atoms with Gasteiger partial charge < -0.3 is 5.32 Å². The number of nitrogens with zero attached hydrogens (tertiary/aromatic N) is 1. The van der Waals surface area contributed by atoms with Gasteiger partial charge in [0.1, 0.15) is 0 Å². The number of amides is 1. The summed E-state index contributed by atoms with van der Waals surface area (Å²) in [6, 6.07) is 4.90. The van der Waals surface area contributed by atoms with Crippen LogP contribution in [0.5, 0.6) is 0 Å². The Balaban J connectivity index is 2.34. The summed E-state index contributed by atoms with van der Waals surface area (Å²) in [5, 5.41) is 5.51. The molecule has 1 amide bonds. The average Bonchev–Trinajstić information content (AvgIpc) is 2.81. The highest BCUT2D eigenvalue weighted by Gasteiger charge is 2.17. The molecule has 2 N–H and O–H groups in total. The van der Waals surface area contributed by atoms with Crippen molar-refractivity contribution in [3.63, 3.8) is 0 Å². The van der Waals surface area contributed by atoms with E-state index in [0.29, 0.717) is 17.6 Å². The van der Waals surface area contributed by atoms with Crippen LogP contribution in [0.2, 0.25) is 0 Å². The minimum Gasteiger partial charge on any atom is -0.352 e. The predicted molar refractivity (Wildman–Crippen MR) is 80.7 cm³/mol. The SMILES string of the molecule is CCCCCNC(=O)c1cccc2c1c(=O)[nH]n2C(C)=O. The molecular weight excluding hydrogens is 270 g/mol. The maximum atomic E-state index is 12.2. The number of fused-ring (bicyclic) bond motifs is 1. The molecule has 0 unspecified atom stereocenters. The maximum Gasteiger partial charge on any atom is 0.273 e. The molecule has 0 fully saturated rings. The number of hydrogen-bond acceptors (Lipinski definition) is 3. The molecule has 6 nitrogen and oxygen atoms in total. The van der Waals surface area contributed by atoms with Crippen LogP contribution in [-0.2, 0) is 0 Å². The van der Waals surface area contributed by atoms with Gasteiger partial charge in [0, 0.05) is 13.5 Å². The Morgan fingerprint density at radius 2 is 2.05 bits per heavy atom. The Hall–Kier alpha value is -2.37. The zero-order chi connectivity index (χ0) is 15.4. The van der Waals surface area contributed by atoms with E-state index in [1.807, 2.05) is 0 Å². The van der Waals surface area contributed by atoms with Crippen molar-refractivity contribution in [2.75, 3.05) is 6.54 Å². The maximum absolute atomic E-state index is 12.2. The lowest BCUT2D eigenvalue weighted by atomic mass is 10.1.